The molecule has 3 aromatic rings. The van der Waals surface area contributed by atoms with Gasteiger partial charge in [-0.1, -0.05) is 60.5 Å². The van der Waals surface area contributed by atoms with E-state index in [2.05, 4.69) is 5.32 Å². The molecule has 0 fully saturated rings. The lowest BCUT2D eigenvalue weighted by atomic mass is 10.1. The minimum Gasteiger partial charge on any atom is -0.352 e. The van der Waals surface area contributed by atoms with Crippen LogP contribution in [0.2, 0.25) is 10.0 Å². The molecular weight excluding hydrogens is 614 g/mol. The van der Waals surface area contributed by atoms with Crippen molar-refractivity contribution < 1.29 is 31.2 Å². The molecule has 0 spiro atoms. The number of hydrogen-bond acceptors (Lipinski definition) is 4. The van der Waals surface area contributed by atoms with Gasteiger partial charge in [0.1, 0.15) is 12.6 Å². The van der Waals surface area contributed by atoms with Crippen LogP contribution in [-0.2, 0) is 32.3 Å². The van der Waals surface area contributed by atoms with Gasteiger partial charge in [0, 0.05) is 22.6 Å². The molecule has 0 bridgehead atoms. The molecule has 0 aliphatic heterocycles. The van der Waals surface area contributed by atoms with E-state index in [0.29, 0.717) is 27.4 Å². The molecule has 0 aliphatic carbocycles. The molecule has 3 aromatic carbocycles. The van der Waals surface area contributed by atoms with Crippen molar-refractivity contribution in [1.29, 1.82) is 0 Å². The first kappa shape index (κ1) is 33.2. The monoisotopic (exact) mass is 643 g/mol. The highest BCUT2D eigenvalue weighted by Crippen LogP contribution is 2.33. The van der Waals surface area contributed by atoms with Crippen LogP contribution in [0.1, 0.15) is 38.3 Å². The Balaban J connectivity index is 2.10. The summed E-state index contributed by atoms with van der Waals surface area (Å²) in [6.07, 6.45) is -4.14. The quantitative estimate of drug-likeness (QED) is 0.257. The number of hydrogen-bond donors (Lipinski definition) is 1. The van der Waals surface area contributed by atoms with Crippen molar-refractivity contribution in [1.82, 2.24) is 10.2 Å². The van der Waals surface area contributed by atoms with Crippen molar-refractivity contribution in [3.8, 4) is 0 Å². The van der Waals surface area contributed by atoms with Crippen molar-refractivity contribution in [2.45, 2.75) is 56.9 Å². The van der Waals surface area contributed by atoms with E-state index in [9.17, 15) is 31.2 Å². The summed E-state index contributed by atoms with van der Waals surface area (Å²) >= 11 is 12.4. The van der Waals surface area contributed by atoms with Gasteiger partial charge in [-0.05, 0) is 68.3 Å². The Morgan fingerprint density at radius 3 is 2.21 bits per heavy atom. The fourth-order valence-electron chi connectivity index (χ4n) is 3.97. The van der Waals surface area contributed by atoms with E-state index in [0.717, 1.165) is 17.0 Å². The second-order valence-electron chi connectivity index (χ2n) is 9.62. The Hall–Kier alpha value is -3.28. The van der Waals surface area contributed by atoms with E-state index in [-0.39, 0.29) is 28.2 Å². The van der Waals surface area contributed by atoms with Gasteiger partial charge in [0.05, 0.1) is 16.1 Å². The number of sulfonamides is 1. The second-order valence-corrected chi connectivity index (χ2v) is 12.3. The number of benzene rings is 3. The zero-order chi connectivity index (χ0) is 31.2. The molecule has 0 saturated heterocycles. The highest BCUT2D eigenvalue weighted by molar-refractivity contribution is 7.92. The maximum absolute atomic E-state index is 13.9. The third-order valence-electron chi connectivity index (χ3n) is 6.60. The molecule has 3 rings (SSSR count). The molecule has 1 N–H and O–H groups in total. The average molecular weight is 645 g/mol. The van der Waals surface area contributed by atoms with Gasteiger partial charge < -0.3 is 10.2 Å². The van der Waals surface area contributed by atoms with E-state index in [4.69, 9.17) is 23.2 Å². The standard InChI is InChI=1S/C29H30Cl2F3N3O4S/c1-4-19(2)35-28(39)20(3)36(17-21-13-14-23(30)16-26(21)31)27(38)18-37(42(40,41)25-11-6-5-7-12-25)24-10-8-9-22(15-24)29(32,33)34/h5-16,19-20H,4,17-18H2,1-3H3,(H,35,39)/t19-,20+/m1/s1. The fourth-order valence-corrected chi connectivity index (χ4v) is 5.86. The summed E-state index contributed by atoms with van der Waals surface area (Å²) in [5, 5.41) is 3.35. The minimum absolute atomic E-state index is 0.203. The highest BCUT2D eigenvalue weighted by atomic mass is 35.5. The number of nitrogens with one attached hydrogen (secondary N) is 1. The van der Waals surface area contributed by atoms with Gasteiger partial charge in [-0.15, -0.1) is 0 Å². The third kappa shape index (κ3) is 8.17. The molecule has 2 amide bonds. The van der Waals surface area contributed by atoms with Crippen LogP contribution >= 0.6 is 23.2 Å². The van der Waals surface area contributed by atoms with Crippen LogP contribution in [-0.4, -0.2) is 43.8 Å². The SMILES string of the molecule is CC[C@@H](C)NC(=O)[C@H](C)N(Cc1ccc(Cl)cc1Cl)C(=O)CN(c1cccc(C(F)(F)F)c1)S(=O)(=O)c1ccccc1. The van der Waals surface area contributed by atoms with Gasteiger partial charge in [0.25, 0.3) is 10.0 Å². The third-order valence-corrected chi connectivity index (χ3v) is 8.97. The molecular formula is C29H30Cl2F3N3O4S. The van der Waals surface area contributed by atoms with E-state index < -0.39 is 46.2 Å². The Morgan fingerprint density at radius 1 is 0.952 bits per heavy atom. The van der Waals surface area contributed by atoms with Crippen LogP contribution in [0, 0.1) is 0 Å². The Kier molecular flexibility index (Phi) is 10.9. The van der Waals surface area contributed by atoms with Crippen LogP contribution in [0.3, 0.4) is 0 Å². The fraction of sp³-hybridized carbons (Fsp3) is 0.310. The van der Waals surface area contributed by atoms with Gasteiger partial charge in [0.15, 0.2) is 0 Å². The molecule has 2 atom stereocenters. The van der Waals surface area contributed by atoms with Gasteiger partial charge in [-0.2, -0.15) is 13.2 Å². The first-order chi connectivity index (χ1) is 19.6. The maximum Gasteiger partial charge on any atom is 0.416 e. The summed E-state index contributed by atoms with van der Waals surface area (Å²) in [6.45, 7) is 4.03. The summed E-state index contributed by atoms with van der Waals surface area (Å²) < 4.78 is 68.8. The summed E-state index contributed by atoms with van der Waals surface area (Å²) in [7, 11) is -4.53. The lowest BCUT2D eigenvalue weighted by Crippen LogP contribution is -2.52. The van der Waals surface area contributed by atoms with Crippen molar-refractivity contribution in [2.75, 3.05) is 10.8 Å². The minimum atomic E-state index is -4.76. The number of carbonyl (C=O) groups is 2. The van der Waals surface area contributed by atoms with Crippen LogP contribution in [0.4, 0.5) is 18.9 Å². The lowest BCUT2D eigenvalue weighted by molar-refractivity contribution is -0.139. The smallest absolute Gasteiger partial charge is 0.352 e. The number of nitrogens with zero attached hydrogens (tertiary/aromatic N) is 2. The largest absolute Gasteiger partial charge is 0.416 e. The van der Waals surface area contributed by atoms with E-state index in [1.165, 1.54) is 43.3 Å². The molecule has 42 heavy (non-hydrogen) atoms. The van der Waals surface area contributed by atoms with Gasteiger partial charge >= 0.3 is 6.18 Å². The first-order valence-electron chi connectivity index (χ1n) is 12.9. The summed E-state index contributed by atoms with van der Waals surface area (Å²) in [5.74, 6) is -1.34. The van der Waals surface area contributed by atoms with Crippen molar-refractivity contribution in [3.05, 3.63) is 94.0 Å². The lowest BCUT2D eigenvalue weighted by Gasteiger charge is -2.32. The molecule has 0 aromatic heterocycles. The number of halogens is 5. The predicted molar refractivity (Wildman–Crippen MR) is 157 cm³/mol. The van der Waals surface area contributed by atoms with Gasteiger partial charge in [0.2, 0.25) is 11.8 Å². The second kappa shape index (κ2) is 13.8. The Bertz CT molecular complexity index is 1520. The number of alkyl halides is 3. The number of anilines is 1. The van der Waals surface area contributed by atoms with E-state index in [1.807, 2.05) is 6.92 Å². The van der Waals surface area contributed by atoms with Crippen LogP contribution in [0.15, 0.2) is 77.7 Å². The van der Waals surface area contributed by atoms with Gasteiger partial charge in [-0.25, -0.2) is 8.42 Å². The van der Waals surface area contributed by atoms with Crippen molar-refractivity contribution in [3.63, 3.8) is 0 Å². The van der Waals surface area contributed by atoms with E-state index in [1.54, 1.807) is 25.1 Å². The predicted octanol–water partition coefficient (Wildman–Crippen LogP) is 6.54. The summed E-state index contributed by atoms with van der Waals surface area (Å²) in [6, 6.07) is 14.0. The Labute approximate surface area is 253 Å². The van der Waals surface area contributed by atoms with Crippen LogP contribution in [0.5, 0.6) is 0 Å². The molecule has 0 aliphatic rings. The summed E-state index contributed by atoms with van der Waals surface area (Å²) in [4.78, 5) is 27.9. The highest BCUT2D eigenvalue weighted by Gasteiger charge is 2.35. The first-order valence-corrected chi connectivity index (χ1v) is 15.1. The van der Waals surface area contributed by atoms with Crippen LogP contribution in [0.25, 0.3) is 0 Å². The van der Waals surface area contributed by atoms with Gasteiger partial charge in [-0.3, -0.25) is 13.9 Å². The Morgan fingerprint density at radius 2 is 1.62 bits per heavy atom. The molecule has 0 saturated carbocycles. The zero-order valence-corrected chi connectivity index (χ0v) is 25.4. The van der Waals surface area contributed by atoms with Crippen molar-refractivity contribution in [2.24, 2.45) is 0 Å². The number of carbonyl (C=O) groups excluding carboxylic acids is 2. The topological polar surface area (TPSA) is 86.8 Å². The normalized spacial score (nSPS) is 13.2. The molecule has 226 valence electrons. The van der Waals surface area contributed by atoms with E-state index >= 15 is 0 Å². The van der Waals surface area contributed by atoms with Crippen LogP contribution < -0.4 is 9.62 Å². The molecule has 0 radical (unpaired) electrons. The maximum atomic E-state index is 13.9. The average Bonchev–Trinajstić information content (AvgIpc) is 2.94. The van der Waals surface area contributed by atoms with Crippen molar-refractivity contribution >= 4 is 50.7 Å². The molecule has 0 unspecified atom stereocenters. The molecule has 0 heterocycles. The number of amides is 2. The molecule has 13 heteroatoms. The zero-order valence-electron chi connectivity index (χ0n) is 23.0. The number of rotatable bonds is 11. The molecule has 7 nitrogen and oxygen atoms in total. The summed E-state index contributed by atoms with van der Waals surface area (Å²) in [5.41, 5.74) is -1.04.